The number of aryl methyl sites for hydroxylation is 1. The lowest BCUT2D eigenvalue weighted by atomic mass is 10.1. The monoisotopic (exact) mass is 399 g/mol. The van der Waals surface area contributed by atoms with Crippen LogP contribution in [0.25, 0.3) is 0 Å². The summed E-state index contributed by atoms with van der Waals surface area (Å²) in [6.45, 7) is 8.29. The van der Waals surface area contributed by atoms with E-state index in [4.69, 9.17) is 5.26 Å². The van der Waals surface area contributed by atoms with Gasteiger partial charge in [0.05, 0.1) is 17.2 Å². The van der Waals surface area contributed by atoms with Gasteiger partial charge in [0, 0.05) is 36.3 Å². The summed E-state index contributed by atoms with van der Waals surface area (Å²) in [6, 6.07) is 18.6. The first-order valence-corrected chi connectivity index (χ1v) is 9.94. The molecule has 0 atom stereocenters. The SMILES string of the molecule is CCN(CC)c1ccc(Nc2ccc(C(=O)Nc3ccc(C#N)cc3)cn2)c(C)c1. The quantitative estimate of drug-likeness (QED) is 0.577. The van der Waals surface area contributed by atoms with Crippen LogP contribution < -0.4 is 15.5 Å². The van der Waals surface area contributed by atoms with E-state index in [1.807, 2.05) is 0 Å². The first-order chi connectivity index (χ1) is 14.5. The third kappa shape index (κ3) is 4.95. The van der Waals surface area contributed by atoms with Crippen LogP contribution in [0.3, 0.4) is 0 Å². The second-order valence-electron chi connectivity index (χ2n) is 6.87. The van der Waals surface area contributed by atoms with Gasteiger partial charge in [-0.3, -0.25) is 4.79 Å². The van der Waals surface area contributed by atoms with Crippen LogP contribution in [0.15, 0.2) is 60.8 Å². The first-order valence-electron chi connectivity index (χ1n) is 9.94. The number of carbonyl (C=O) groups excluding carboxylic acids is 1. The van der Waals surface area contributed by atoms with Gasteiger partial charge in [-0.2, -0.15) is 5.26 Å². The predicted molar refractivity (Wildman–Crippen MR) is 121 cm³/mol. The lowest BCUT2D eigenvalue weighted by molar-refractivity contribution is 0.102. The molecular weight excluding hydrogens is 374 g/mol. The third-order valence-corrected chi connectivity index (χ3v) is 4.90. The molecule has 0 radical (unpaired) electrons. The van der Waals surface area contributed by atoms with Crippen molar-refractivity contribution in [1.29, 1.82) is 5.26 Å². The van der Waals surface area contributed by atoms with Crippen LogP contribution in [-0.2, 0) is 0 Å². The fourth-order valence-corrected chi connectivity index (χ4v) is 3.15. The van der Waals surface area contributed by atoms with Crippen LogP contribution in [0.4, 0.5) is 22.9 Å². The number of benzene rings is 2. The number of rotatable bonds is 7. The number of pyridine rings is 1. The standard InChI is InChI=1S/C24H25N5O/c1-4-29(5-2)21-11-12-22(17(3)14-21)28-23-13-8-19(16-26-23)24(30)27-20-9-6-18(15-25)7-10-20/h6-14,16H,4-5H2,1-3H3,(H,26,28)(H,27,30). The van der Waals surface area contributed by atoms with Gasteiger partial charge in [0.15, 0.2) is 0 Å². The Kier molecular flexibility index (Phi) is 6.66. The molecule has 3 aromatic rings. The minimum atomic E-state index is -0.251. The molecule has 6 heteroatoms. The first kappa shape index (κ1) is 20.9. The number of nitriles is 1. The molecule has 0 bridgehead atoms. The van der Waals surface area contributed by atoms with Crippen LogP contribution in [-0.4, -0.2) is 24.0 Å². The van der Waals surface area contributed by atoms with Crippen molar-refractivity contribution in [3.63, 3.8) is 0 Å². The van der Waals surface area contributed by atoms with E-state index in [0.29, 0.717) is 22.6 Å². The van der Waals surface area contributed by atoms with Crippen molar-refractivity contribution in [3.8, 4) is 6.07 Å². The van der Waals surface area contributed by atoms with E-state index in [0.717, 1.165) is 24.3 Å². The minimum Gasteiger partial charge on any atom is -0.372 e. The molecule has 0 saturated heterocycles. The van der Waals surface area contributed by atoms with Crippen molar-refractivity contribution in [2.24, 2.45) is 0 Å². The summed E-state index contributed by atoms with van der Waals surface area (Å²) in [7, 11) is 0. The summed E-state index contributed by atoms with van der Waals surface area (Å²) in [6.07, 6.45) is 1.54. The zero-order chi connectivity index (χ0) is 21.5. The Hall–Kier alpha value is -3.85. The van der Waals surface area contributed by atoms with Crippen molar-refractivity contribution in [1.82, 2.24) is 4.98 Å². The van der Waals surface area contributed by atoms with Gasteiger partial charge in [0.1, 0.15) is 5.82 Å². The van der Waals surface area contributed by atoms with Crippen LogP contribution in [0.1, 0.15) is 35.3 Å². The summed E-state index contributed by atoms with van der Waals surface area (Å²) >= 11 is 0. The van der Waals surface area contributed by atoms with Crippen molar-refractivity contribution in [3.05, 3.63) is 77.5 Å². The Morgan fingerprint density at radius 2 is 1.80 bits per heavy atom. The highest BCUT2D eigenvalue weighted by Gasteiger charge is 2.09. The van der Waals surface area contributed by atoms with Gasteiger partial charge in [-0.15, -0.1) is 0 Å². The largest absolute Gasteiger partial charge is 0.372 e. The highest BCUT2D eigenvalue weighted by atomic mass is 16.1. The average Bonchev–Trinajstić information content (AvgIpc) is 2.77. The number of hydrogen-bond acceptors (Lipinski definition) is 5. The van der Waals surface area contributed by atoms with Crippen molar-refractivity contribution >= 4 is 28.8 Å². The molecule has 0 aliphatic carbocycles. The molecule has 0 aliphatic heterocycles. The molecule has 152 valence electrons. The van der Waals surface area contributed by atoms with Crippen LogP contribution in [0.5, 0.6) is 0 Å². The lowest BCUT2D eigenvalue weighted by Crippen LogP contribution is -2.21. The van der Waals surface area contributed by atoms with Crippen molar-refractivity contribution in [2.45, 2.75) is 20.8 Å². The fraction of sp³-hybridized carbons (Fsp3) is 0.208. The second kappa shape index (κ2) is 9.57. The molecule has 0 aliphatic rings. The maximum absolute atomic E-state index is 12.4. The van der Waals surface area contributed by atoms with Crippen LogP contribution in [0, 0.1) is 18.3 Å². The van der Waals surface area contributed by atoms with E-state index in [1.165, 1.54) is 5.69 Å². The van der Waals surface area contributed by atoms with Crippen molar-refractivity contribution < 1.29 is 4.79 Å². The molecule has 0 spiro atoms. The lowest BCUT2D eigenvalue weighted by Gasteiger charge is -2.22. The topological polar surface area (TPSA) is 81.0 Å². The maximum Gasteiger partial charge on any atom is 0.257 e. The van der Waals surface area contributed by atoms with E-state index in [2.05, 4.69) is 65.6 Å². The molecule has 6 nitrogen and oxygen atoms in total. The average molecular weight is 399 g/mol. The zero-order valence-electron chi connectivity index (χ0n) is 17.4. The summed E-state index contributed by atoms with van der Waals surface area (Å²) in [5.74, 6) is 0.419. The Morgan fingerprint density at radius 3 is 2.37 bits per heavy atom. The number of amides is 1. The van der Waals surface area contributed by atoms with Crippen LogP contribution in [0.2, 0.25) is 0 Å². The van der Waals surface area contributed by atoms with E-state index < -0.39 is 0 Å². The van der Waals surface area contributed by atoms with Gasteiger partial charge in [-0.05, 0) is 80.9 Å². The molecule has 0 saturated carbocycles. The molecule has 0 unspecified atom stereocenters. The van der Waals surface area contributed by atoms with E-state index in [1.54, 1.807) is 42.6 Å². The van der Waals surface area contributed by atoms with Crippen molar-refractivity contribution in [2.75, 3.05) is 28.6 Å². The molecule has 1 aromatic heterocycles. The Labute approximate surface area is 177 Å². The Morgan fingerprint density at radius 1 is 1.07 bits per heavy atom. The smallest absolute Gasteiger partial charge is 0.257 e. The van der Waals surface area contributed by atoms with Crippen LogP contribution >= 0.6 is 0 Å². The molecule has 0 fully saturated rings. The maximum atomic E-state index is 12.4. The number of aromatic nitrogens is 1. The highest BCUT2D eigenvalue weighted by Crippen LogP contribution is 2.25. The van der Waals surface area contributed by atoms with Gasteiger partial charge in [-0.25, -0.2) is 4.98 Å². The number of nitrogens with zero attached hydrogens (tertiary/aromatic N) is 3. The van der Waals surface area contributed by atoms with Gasteiger partial charge >= 0.3 is 0 Å². The van der Waals surface area contributed by atoms with Gasteiger partial charge in [-0.1, -0.05) is 0 Å². The molecule has 2 N–H and O–H groups in total. The third-order valence-electron chi connectivity index (χ3n) is 4.90. The number of anilines is 4. The van der Waals surface area contributed by atoms with Gasteiger partial charge < -0.3 is 15.5 Å². The zero-order valence-corrected chi connectivity index (χ0v) is 17.4. The molecule has 1 amide bonds. The van der Waals surface area contributed by atoms with E-state index in [9.17, 15) is 4.79 Å². The Bertz CT molecular complexity index is 1050. The normalized spacial score (nSPS) is 10.2. The van der Waals surface area contributed by atoms with Gasteiger partial charge in [0.2, 0.25) is 0 Å². The fourth-order valence-electron chi connectivity index (χ4n) is 3.15. The summed E-state index contributed by atoms with van der Waals surface area (Å²) in [5.41, 5.74) is 4.94. The summed E-state index contributed by atoms with van der Waals surface area (Å²) in [4.78, 5) is 19.1. The van der Waals surface area contributed by atoms with Gasteiger partial charge in [0.25, 0.3) is 5.91 Å². The Balaban J connectivity index is 1.66. The summed E-state index contributed by atoms with van der Waals surface area (Å²) in [5, 5.41) is 15.0. The van der Waals surface area contributed by atoms with E-state index in [-0.39, 0.29) is 5.91 Å². The summed E-state index contributed by atoms with van der Waals surface area (Å²) < 4.78 is 0. The minimum absolute atomic E-state index is 0.251. The second-order valence-corrected chi connectivity index (χ2v) is 6.87. The molecule has 30 heavy (non-hydrogen) atoms. The number of hydrogen-bond donors (Lipinski definition) is 2. The predicted octanol–water partition coefficient (Wildman–Crippen LogP) is 5.10. The number of nitrogens with one attached hydrogen (secondary N) is 2. The molecular formula is C24H25N5O. The molecule has 2 aromatic carbocycles. The molecule has 1 heterocycles. The number of carbonyl (C=O) groups is 1. The highest BCUT2D eigenvalue weighted by molar-refractivity contribution is 6.04. The molecule has 3 rings (SSSR count). The van der Waals surface area contributed by atoms with E-state index >= 15 is 0 Å².